The second-order valence-electron chi connectivity index (χ2n) is 5.08. The number of terminal acetylenes is 1. The molecule has 0 unspecified atom stereocenters. The molecule has 0 fully saturated rings. The molecule has 0 spiro atoms. The summed E-state index contributed by atoms with van der Waals surface area (Å²) in [6.07, 6.45) is 6.95. The Kier molecular flexibility index (Phi) is 5.67. The van der Waals surface area contributed by atoms with Crippen LogP contribution < -0.4 is 9.47 Å². The van der Waals surface area contributed by atoms with Gasteiger partial charge < -0.3 is 9.47 Å². The Bertz CT molecular complexity index is 776. The summed E-state index contributed by atoms with van der Waals surface area (Å²) in [7, 11) is 1.56. The molecule has 2 aromatic rings. The highest BCUT2D eigenvalue weighted by Crippen LogP contribution is 2.36. The van der Waals surface area contributed by atoms with Gasteiger partial charge in [0.1, 0.15) is 6.61 Å². The van der Waals surface area contributed by atoms with E-state index in [1.54, 1.807) is 19.4 Å². The quantitative estimate of drug-likeness (QED) is 0.587. The first-order valence-corrected chi connectivity index (χ1v) is 7.48. The second-order valence-corrected chi connectivity index (χ2v) is 5.48. The molecule has 0 saturated heterocycles. The molecule has 0 heterocycles. The molecular formula is C19H18ClNO2. The maximum absolute atomic E-state index is 6.25. The Morgan fingerprint density at radius 2 is 2.04 bits per heavy atom. The molecule has 4 heteroatoms. The van der Waals surface area contributed by atoms with Crippen LogP contribution in [0.3, 0.4) is 0 Å². The van der Waals surface area contributed by atoms with Gasteiger partial charge in [0.25, 0.3) is 0 Å². The van der Waals surface area contributed by atoms with E-state index >= 15 is 0 Å². The molecule has 0 radical (unpaired) electrons. The van der Waals surface area contributed by atoms with Crippen molar-refractivity contribution < 1.29 is 9.47 Å². The minimum absolute atomic E-state index is 0.131. The van der Waals surface area contributed by atoms with Gasteiger partial charge in [0.2, 0.25) is 0 Å². The monoisotopic (exact) mass is 327 g/mol. The molecule has 0 atom stereocenters. The van der Waals surface area contributed by atoms with Crippen LogP contribution in [-0.2, 0) is 0 Å². The van der Waals surface area contributed by atoms with Crippen molar-refractivity contribution in [1.29, 1.82) is 0 Å². The third-order valence-corrected chi connectivity index (χ3v) is 3.54. The first-order chi connectivity index (χ1) is 11.0. The van der Waals surface area contributed by atoms with E-state index in [2.05, 4.69) is 23.9 Å². The van der Waals surface area contributed by atoms with E-state index in [0.29, 0.717) is 16.5 Å². The highest BCUT2D eigenvalue weighted by Gasteiger charge is 2.11. The third kappa shape index (κ3) is 4.28. The number of aryl methyl sites for hydroxylation is 2. The van der Waals surface area contributed by atoms with Crippen LogP contribution in [0.2, 0.25) is 5.02 Å². The number of hydrogen-bond acceptors (Lipinski definition) is 3. The molecule has 3 nitrogen and oxygen atoms in total. The van der Waals surface area contributed by atoms with E-state index < -0.39 is 0 Å². The van der Waals surface area contributed by atoms with Crippen LogP contribution in [0.1, 0.15) is 16.7 Å². The van der Waals surface area contributed by atoms with Gasteiger partial charge in [-0.1, -0.05) is 35.2 Å². The van der Waals surface area contributed by atoms with Crippen LogP contribution in [0.15, 0.2) is 35.3 Å². The van der Waals surface area contributed by atoms with Crippen molar-refractivity contribution in [1.82, 2.24) is 0 Å². The molecule has 0 saturated carbocycles. The zero-order chi connectivity index (χ0) is 16.8. The molecular weight excluding hydrogens is 310 g/mol. The van der Waals surface area contributed by atoms with E-state index in [9.17, 15) is 0 Å². The average Bonchev–Trinajstić information content (AvgIpc) is 2.52. The average molecular weight is 328 g/mol. The van der Waals surface area contributed by atoms with Gasteiger partial charge in [0.05, 0.1) is 17.8 Å². The van der Waals surface area contributed by atoms with Crippen molar-refractivity contribution in [3.8, 4) is 23.8 Å². The van der Waals surface area contributed by atoms with Gasteiger partial charge in [-0.3, -0.25) is 4.99 Å². The highest BCUT2D eigenvalue weighted by atomic mass is 35.5. The highest BCUT2D eigenvalue weighted by molar-refractivity contribution is 6.32. The van der Waals surface area contributed by atoms with Crippen LogP contribution in [0.5, 0.6) is 11.5 Å². The molecule has 23 heavy (non-hydrogen) atoms. The molecule has 2 aromatic carbocycles. The minimum Gasteiger partial charge on any atom is -0.493 e. The lowest BCUT2D eigenvalue weighted by atomic mass is 10.1. The van der Waals surface area contributed by atoms with Gasteiger partial charge in [-0.25, -0.2) is 0 Å². The van der Waals surface area contributed by atoms with E-state index in [4.69, 9.17) is 27.5 Å². The van der Waals surface area contributed by atoms with Crippen LogP contribution in [0, 0.1) is 26.2 Å². The Morgan fingerprint density at radius 1 is 1.26 bits per heavy atom. The first kappa shape index (κ1) is 16.9. The number of aliphatic imine (C=N–C) groups is 1. The summed E-state index contributed by atoms with van der Waals surface area (Å²) < 4.78 is 10.7. The summed E-state index contributed by atoms with van der Waals surface area (Å²) >= 11 is 6.25. The van der Waals surface area contributed by atoms with Crippen molar-refractivity contribution in [2.75, 3.05) is 13.7 Å². The molecule has 0 amide bonds. The summed E-state index contributed by atoms with van der Waals surface area (Å²) in [4.78, 5) is 4.51. The number of halogens is 1. The maximum Gasteiger partial charge on any atom is 0.181 e. The predicted molar refractivity (Wildman–Crippen MR) is 95.5 cm³/mol. The van der Waals surface area contributed by atoms with Gasteiger partial charge in [0, 0.05) is 6.21 Å². The SMILES string of the molecule is C#CCOc1c(Cl)cc(C=Nc2ccc(C)cc2C)cc1OC. The predicted octanol–water partition coefficient (Wildman–Crippen LogP) is 4.73. The number of hydrogen-bond donors (Lipinski definition) is 0. The van der Waals surface area contributed by atoms with Crippen molar-refractivity contribution in [2.24, 2.45) is 4.99 Å². The lowest BCUT2D eigenvalue weighted by molar-refractivity contribution is 0.331. The fraction of sp³-hybridized carbons (Fsp3) is 0.211. The minimum atomic E-state index is 0.131. The van der Waals surface area contributed by atoms with Gasteiger partial charge in [-0.2, -0.15) is 0 Å². The Hall–Kier alpha value is -2.44. The van der Waals surface area contributed by atoms with E-state index in [1.165, 1.54) is 5.56 Å². The lowest BCUT2D eigenvalue weighted by Crippen LogP contribution is -1.98. The van der Waals surface area contributed by atoms with Crippen LogP contribution in [0.4, 0.5) is 5.69 Å². The number of ether oxygens (including phenoxy) is 2. The molecule has 0 aromatic heterocycles. The lowest BCUT2D eigenvalue weighted by Gasteiger charge is -2.11. The summed E-state index contributed by atoms with van der Waals surface area (Å²) in [6, 6.07) is 9.69. The smallest absolute Gasteiger partial charge is 0.181 e. The maximum atomic E-state index is 6.25. The van der Waals surface area contributed by atoms with Crippen LogP contribution in [0.25, 0.3) is 0 Å². The number of methoxy groups -OCH3 is 1. The van der Waals surface area contributed by atoms with E-state index in [-0.39, 0.29) is 6.61 Å². The largest absolute Gasteiger partial charge is 0.493 e. The Labute approximate surface area is 141 Å². The van der Waals surface area contributed by atoms with Crippen LogP contribution >= 0.6 is 11.6 Å². The third-order valence-electron chi connectivity index (χ3n) is 3.26. The number of nitrogens with zero attached hydrogens (tertiary/aromatic N) is 1. The van der Waals surface area contributed by atoms with Crippen molar-refractivity contribution in [2.45, 2.75) is 13.8 Å². The first-order valence-electron chi connectivity index (χ1n) is 7.10. The molecule has 118 valence electrons. The fourth-order valence-electron chi connectivity index (χ4n) is 2.16. The van der Waals surface area contributed by atoms with Crippen molar-refractivity contribution in [3.05, 3.63) is 52.0 Å². The Morgan fingerprint density at radius 3 is 2.70 bits per heavy atom. The van der Waals surface area contributed by atoms with Gasteiger partial charge in [-0.15, -0.1) is 6.42 Å². The zero-order valence-corrected chi connectivity index (χ0v) is 14.1. The van der Waals surface area contributed by atoms with Crippen molar-refractivity contribution >= 4 is 23.5 Å². The van der Waals surface area contributed by atoms with E-state index in [0.717, 1.165) is 16.8 Å². The van der Waals surface area contributed by atoms with Crippen LogP contribution in [-0.4, -0.2) is 19.9 Å². The fourth-order valence-corrected chi connectivity index (χ4v) is 2.44. The summed E-state index contributed by atoms with van der Waals surface area (Å²) in [5.74, 6) is 3.37. The van der Waals surface area contributed by atoms with Crippen molar-refractivity contribution in [3.63, 3.8) is 0 Å². The normalized spacial score (nSPS) is 10.6. The summed E-state index contributed by atoms with van der Waals surface area (Å²) in [5.41, 5.74) is 4.06. The molecule has 2 rings (SSSR count). The molecule has 0 aliphatic rings. The second kappa shape index (κ2) is 7.71. The topological polar surface area (TPSA) is 30.8 Å². The number of rotatable bonds is 5. The summed E-state index contributed by atoms with van der Waals surface area (Å²) in [5, 5.41) is 0.432. The van der Waals surface area contributed by atoms with E-state index in [1.807, 2.05) is 25.1 Å². The molecule has 0 bridgehead atoms. The van der Waals surface area contributed by atoms with Gasteiger partial charge in [0.15, 0.2) is 11.5 Å². The molecule has 0 aliphatic carbocycles. The Balaban J connectivity index is 2.31. The zero-order valence-electron chi connectivity index (χ0n) is 13.4. The molecule has 0 aliphatic heterocycles. The standard InChI is InChI=1S/C19H18ClNO2/c1-5-8-23-19-16(20)10-15(11-18(19)22-4)12-21-17-7-6-13(2)9-14(17)3/h1,6-7,9-12H,8H2,2-4H3. The van der Waals surface area contributed by atoms with Gasteiger partial charge in [-0.05, 0) is 43.2 Å². The van der Waals surface area contributed by atoms with Gasteiger partial charge >= 0.3 is 0 Å². The summed E-state index contributed by atoms with van der Waals surface area (Å²) in [6.45, 7) is 4.22. The molecule has 0 N–H and O–H groups in total. The number of benzene rings is 2.